The summed E-state index contributed by atoms with van der Waals surface area (Å²) in [4.78, 5) is 11.0. The SMILES string of the molecule is CC(=O)Oc1cccc(F)c1OCc1ccccc1. The van der Waals surface area contributed by atoms with E-state index in [2.05, 4.69) is 0 Å². The zero-order chi connectivity index (χ0) is 13.7. The Balaban J connectivity index is 2.17. The second-order valence-corrected chi connectivity index (χ2v) is 3.94. The summed E-state index contributed by atoms with van der Waals surface area (Å²) in [5, 5.41) is 0. The molecule has 0 atom stereocenters. The van der Waals surface area contributed by atoms with Crippen LogP contribution in [0, 0.1) is 5.82 Å². The van der Waals surface area contributed by atoms with E-state index in [-0.39, 0.29) is 18.1 Å². The molecule has 0 amide bonds. The number of rotatable bonds is 4. The van der Waals surface area contributed by atoms with Crippen molar-refractivity contribution in [3.63, 3.8) is 0 Å². The second kappa shape index (κ2) is 6.00. The summed E-state index contributed by atoms with van der Waals surface area (Å²) >= 11 is 0. The smallest absolute Gasteiger partial charge is 0.308 e. The third-order valence-electron chi connectivity index (χ3n) is 2.41. The minimum Gasteiger partial charge on any atom is -0.482 e. The maximum absolute atomic E-state index is 13.7. The van der Waals surface area contributed by atoms with Gasteiger partial charge in [-0.3, -0.25) is 4.79 Å². The first-order valence-electron chi connectivity index (χ1n) is 5.80. The van der Waals surface area contributed by atoms with Crippen LogP contribution in [0.15, 0.2) is 48.5 Å². The Bertz CT molecular complexity index is 567. The Labute approximate surface area is 110 Å². The number of hydrogen-bond donors (Lipinski definition) is 0. The fraction of sp³-hybridized carbons (Fsp3) is 0.133. The molecule has 0 bridgehead atoms. The van der Waals surface area contributed by atoms with E-state index in [4.69, 9.17) is 9.47 Å². The first-order chi connectivity index (χ1) is 9.16. The first-order valence-corrected chi connectivity index (χ1v) is 5.80. The quantitative estimate of drug-likeness (QED) is 0.625. The van der Waals surface area contributed by atoms with Gasteiger partial charge in [-0.05, 0) is 17.7 Å². The van der Waals surface area contributed by atoms with Crippen molar-refractivity contribution in [1.82, 2.24) is 0 Å². The van der Waals surface area contributed by atoms with Gasteiger partial charge < -0.3 is 9.47 Å². The molecule has 2 aromatic rings. The average molecular weight is 260 g/mol. The van der Waals surface area contributed by atoms with E-state index >= 15 is 0 Å². The van der Waals surface area contributed by atoms with Gasteiger partial charge >= 0.3 is 5.97 Å². The van der Waals surface area contributed by atoms with E-state index in [0.717, 1.165) is 5.56 Å². The summed E-state index contributed by atoms with van der Waals surface area (Å²) in [6.07, 6.45) is 0. The lowest BCUT2D eigenvalue weighted by molar-refractivity contribution is -0.132. The molecule has 19 heavy (non-hydrogen) atoms. The summed E-state index contributed by atoms with van der Waals surface area (Å²) in [7, 11) is 0. The fourth-order valence-electron chi connectivity index (χ4n) is 1.59. The number of ether oxygens (including phenoxy) is 2. The third-order valence-corrected chi connectivity index (χ3v) is 2.41. The van der Waals surface area contributed by atoms with Gasteiger partial charge in [0, 0.05) is 6.92 Å². The molecule has 2 aromatic carbocycles. The number of hydrogen-bond acceptors (Lipinski definition) is 3. The maximum Gasteiger partial charge on any atom is 0.308 e. The van der Waals surface area contributed by atoms with Crippen LogP contribution in [0.3, 0.4) is 0 Å². The summed E-state index contributed by atoms with van der Waals surface area (Å²) in [5.41, 5.74) is 0.902. The molecule has 0 heterocycles. The number of halogens is 1. The van der Waals surface area contributed by atoms with Gasteiger partial charge in [-0.2, -0.15) is 0 Å². The topological polar surface area (TPSA) is 35.5 Å². The van der Waals surface area contributed by atoms with Crippen LogP contribution in [0.2, 0.25) is 0 Å². The summed E-state index contributed by atoms with van der Waals surface area (Å²) in [5.74, 6) is -1.05. The van der Waals surface area contributed by atoms with Crippen molar-refractivity contribution in [3.8, 4) is 11.5 Å². The van der Waals surface area contributed by atoms with Crippen LogP contribution in [0.4, 0.5) is 4.39 Å². The zero-order valence-electron chi connectivity index (χ0n) is 10.4. The minimum absolute atomic E-state index is 0.0541. The van der Waals surface area contributed by atoms with Crippen molar-refractivity contribution < 1.29 is 18.7 Å². The van der Waals surface area contributed by atoms with Gasteiger partial charge in [-0.15, -0.1) is 0 Å². The molecule has 0 saturated carbocycles. The molecule has 98 valence electrons. The molecule has 0 unspecified atom stereocenters. The lowest BCUT2D eigenvalue weighted by Gasteiger charge is -2.11. The molecule has 3 nitrogen and oxygen atoms in total. The number of benzene rings is 2. The summed E-state index contributed by atoms with van der Waals surface area (Å²) < 4.78 is 24.0. The van der Waals surface area contributed by atoms with Gasteiger partial charge in [0.25, 0.3) is 0 Å². The average Bonchev–Trinajstić information content (AvgIpc) is 2.38. The van der Waals surface area contributed by atoms with E-state index < -0.39 is 11.8 Å². The highest BCUT2D eigenvalue weighted by Gasteiger charge is 2.13. The Morgan fingerprint density at radius 1 is 1.11 bits per heavy atom. The molecule has 0 fully saturated rings. The predicted octanol–water partition coefficient (Wildman–Crippen LogP) is 3.33. The van der Waals surface area contributed by atoms with Crippen LogP contribution in [0.25, 0.3) is 0 Å². The fourth-order valence-corrected chi connectivity index (χ4v) is 1.59. The molecule has 0 aliphatic rings. The molecule has 0 radical (unpaired) electrons. The Morgan fingerprint density at radius 3 is 2.53 bits per heavy atom. The van der Waals surface area contributed by atoms with Gasteiger partial charge in [0.1, 0.15) is 6.61 Å². The van der Waals surface area contributed by atoms with Gasteiger partial charge in [0.15, 0.2) is 17.3 Å². The highest BCUT2D eigenvalue weighted by Crippen LogP contribution is 2.30. The van der Waals surface area contributed by atoms with Crippen molar-refractivity contribution in [2.24, 2.45) is 0 Å². The molecule has 0 aromatic heterocycles. The van der Waals surface area contributed by atoms with E-state index in [1.54, 1.807) is 0 Å². The van der Waals surface area contributed by atoms with Crippen LogP contribution in [0.1, 0.15) is 12.5 Å². The Hall–Kier alpha value is -2.36. The molecule has 4 heteroatoms. The van der Waals surface area contributed by atoms with E-state index in [9.17, 15) is 9.18 Å². The van der Waals surface area contributed by atoms with Gasteiger partial charge in [-0.25, -0.2) is 4.39 Å². The molecular weight excluding hydrogens is 247 g/mol. The van der Waals surface area contributed by atoms with Crippen LogP contribution >= 0.6 is 0 Å². The summed E-state index contributed by atoms with van der Waals surface area (Å²) in [6, 6.07) is 13.6. The largest absolute Gasteiger partial charge is 0.482 e. The monoisotopic (exact) mass is 260 g/mol. The summed E-state index contributed by atoms with van der Waals surface area (Å²) in [6.45, 7) is 1.46. The van der Waals surface area contributed by atoms with Crippen LogP contribution in [-0.4, -0.2) is 5.97 Å². The van der Waals surface area contributed by atoms with Crippen molar-refractivity contribution in [2.75, 3.05) is 0 Å². The van der Waals surface area contributed by atoms with Gasteiger partial charge in [0.05, 0.1) is 0 Å². The van der Waals surface area contributed by atoms with Gasteiger partial charge in [-0.1, -0.05) is 36.4 Å². The standard InChI is InChI=1S/C15H13FO3/c1-11(17)19-14-9-5-8-13(16)15(14)18-10-12-6-3-2-4-7-12/h2-9H,10H2,1H3. The molecule has 2 rings (SSSR count). The normalized spacial score (nSPS) is 10.0. The van der Waals surface area contributed by atoms with E-state index in [1.807, 2.05) is 30.3 Å². The predicted molar refractivity (Wildman–Crippen MR) is 68.5 cm³/mol. The van der Waals surface area contributed by atoms with Crippen LogP contribution < -0.4 is 9.47 Å². The lowest BCUT2D eigenvalue weighted by Crippen LogP contribution is -2.05. The molecule has 0 N–H and O–H groups in total. The maximum atomic E-state index is 13.7. The van der Waals surface area contributed by atoms with Crippen molar-refractivity contribution in [3.05, 3.63) is 59.9 Å². The van der Waals surface area contributed by atoms with Crippen molar-refractivity contribution in [2.45, 2.75) is 13.5 Å². The van der Waals surface area contributed by atoms with Crippen LogP contribution in [0.5, 0.6) is 11.5 Å². The third kappa shape index (κ3) is 3.55. The number of esters is 1. The van der Waals surface area contributed by atoms with E-state index in [0.29, 0.717) is 0 Å². The zero-order valence-corrected chi connectivity index (χ0v) is 10.4. The number of carbonyl (C=O) groups excluding carboxylic acids is 1. The van der Waals surface area contributed by atoms with Crippen molar-refractivity contribution in [1.29, 1.82) is 0 Å². The van der Waals surface area contributed by atoms with E-state index in [1.165, 1.54) is 25.1 Å². The van der Waals surface area contributed by atoms with Crippen molar-refractivity contribution >= 4 is 5.97 Å². The Kier molecular flexibility index (Phi) is 4.13. The highest BCUT2D eigenvalue weighted by atomic mass is 19.1. The van der Waals surface area contributed by atoms with Crippen LogP contribution in [-0.2, 0) is 11.4 Å². The molecular formula is C15H13FO3. The lowest BCUT2D eigenvalue weighted by atomic mass is 10.2. The first kappa shape index (κ1) is 13.1. The Morgan fingerprint density at radius 2 is 1.84 bits per heavy atom. The second-order valence-electron chi connectivity index (χ2n) is 3.94. The minimum atomic E-state index is -0.560. The highest BCUT2D eigenvalue weighted by molar-refractivity contribution is 5.70. The van der Waals surface area contributed by atoms with Gasteiger partial charge in [0.2, 0.25) is 0 Å². The number of carbonyl (C=O) groups is 1. The molecule has 0 spiro atoms. The molecule has 0 aliphatic heterocycles. The number of para-hydroxylation sites is 1. The molecule has 0 saturated heterocycles. The molecule has 0 aliphatic carbocycles.